The molecule has 0 aliphatic heterocycles. The Morgan fingerprint density at radius 2 is 1.85 bits per heavy atom. The second-order valence-electron chi connectivity index (χ2n) is 2.48. The number of carbonyl (C=O) groups excluding carboxylic acids is 1. The van der Waals surface area contributed by atoms with Gasteiger partial charge in [0.2, 0.25) is 0 Å². The lowest BCUT2D eigenvalue weighted by Crippen LogP contribution is -2.12. The number of esters is 1. The molecule has 0 heterocycles. The van der Waals surface area contributed by atoms with Crippen molar-refractivity contribution in [2.75, 3.05) is 6.61 Å². The highest BCUT2D eigenvalue weighted by Gasteiger charge is 2.15. The topological polar surface area (TPSA) is 63.6 Å². The summed E-state index contributed by atoms with van der Waals surface area (Å²) >= 11 is 0. The van der Waals surface area contributed by atoms with Gasteiger partial charge in [0.15, 0.2) is 0 Å². The zero-order chi connectivity index (χ0) is 10.4. The van der Waals surface area contributed by atoms with E-state index in [0.29, 0.717) is 6.42 Å². The molecule has 0 saturated heterocycles. The van der Waals surface area contributed by atoms with Crippen LogP contribution in [0.25, 0.3) is 0 Å². The quantitative estimate of drug-likeness (QED) is 0.532. The molecule has 0 amide bonds. The molecule has 0 fully saturated rings. The molecule has 0 aliphatic carbocycles. The van der Waals surface area contributed by atoms with Crippen LogP contribution in [0.5, 0.6) is 0 Å². The molecule has 4 nitrogen and oxygen atoms in total. The molecule has 0 aromatic carbocycles. The van der Waals surface area contributed by atoms with E-state index in [9.17, 15) is 9.59 Å². The highest BCUT2D eigenvalue weighted by Crippen LogP contribution is 2.10. The predicted molar refractivity (Wildman–Crippen MR) is 47.3 cm³/mol. The number of carboxylic acids is 1. The first-order valence-corrected chi connectivity index (χ1v) is 4.14. The first-order valence-electron chi connectivity index (χ1n) is 4.14. The van der Waals surface area contributed by atoms with Crippen molar-refractivity contribution in [3.8, 4) is 0 Å². The number of rotatable bonds is 4. The van der Waals surface area contributed by atoms with Gasteiger partial charge in [0.1, 0.15) is 0 Å². The van der Waals surface area contributed by atoms with Crippen LogP contribution in [-0.4, -0.2) is 23.7 Å². The van der Waals surface area contributed by atoms with Gasteiger partial charge in [-0.2, -0.15) is 0 Å². The third-order valence-electron chi connectivity index (χ3n) is 1.65. The van der Waals surface area contributed by atoms with Crippen LogP contribution in [0.15, 0.2) is 11.1 Å². The Bertz CT molecular complexity index is 240. The van der Waals surface area contributed by atoms with E-state index in [4.69, 9.17) is 5.11 Å². The monoisotopic (exact) mass is 186 g/mol. The molecule has 0 aromatic rings. The van der Waals surface area contributed by atoms with Gasteiger partial charge in [-0.05, 0) is 20.3 Å². The van der Waals surface area contributed by atoms with Crippen molar-refractivity contribution in [1.82, 2.24) is 0 Å². The van der Waals surface area contributed by atoms with E-state index in [1.165, 1.54) is 6.92 Å². The maximum atomic E-state index is 11.1. The summed E-state index contributed by atoms with van der Waals surface area (Å²) in [7, 11) is 0. The number of hydrogen-bond acceptors (Lipinski definition) is 3. The van der Waals surface area contributed by atoms with Gasteiger partial charge in [-0.15, -0.1) is 0 Å². The average molecular weight is 186 g/mol. The number of ether oxygens (including phenoxy) is 1. The van der Waals surface area contributed by atoms with Crippen LogP contribution in [0.3, 0.4) is 0 Å². The largest absolute Gasteiger partial charge is 0.478 e. The Balaban J connectivity index is 4.74. The van der Waals surface area contributed by atoms with Gasteiger partial charge in [-0.1, -0.05) is 6.92 Å². The standard InChI is InChI=1S/C9H14O4/c1-4-7(8(10)11)6(3)9(12)13-5-2/h4-5H2,1-3H3,(H,10,11). The molecule has 0 radical (unpaired) electrons. The second kappa shape index (κ2) is 5.35. The zero-order valence-electron chi connectivity index (χ0n) is 8.09. The third kappa shape index (κ3) is 3.27. The van der Waals surface area contributed by atoms with E-state index >= 15 is 0 Å². The Morgan fingerprint density at radius 1 is 1.31 bits per heavy atom. The molecule has 0 unspecified atom stereocenters. The summed E-state index contributed by atoms with van der Waals surface area (Å²) in [5.74, 6) is -1.62. The maximum absolute atomic E-state index is 11.1. The van der Waals surface area contributed by atoms with Crippen molar-refractivity contribution in [1.29, 1.82) is 0 Å². The van der Waals surface area contributed by atoms with Crippen LogP contribution < -0.4 is 0 Å². The molecule has 0 bridgehead atoms. The molecule has 0 spiro atoms. The summed E-state index contributed by atoms with van der Waals surface area (Å²) in [6.45, 7) is 5.08. The molecular weight excluding hydrogens is 172 g/mol. The Hall–Kier alpha value is -1.32. The van der Waals surface area contributed by atoms with Gasteiger partial charge in [0.05, 0.1) is 6.61 Å². The van der Waals surface area contributed by atoms with E-state index in [1.54, 1.807) is 13.8 Å². The smallest absolute Gasteiger partial charge is 0.334 e. The summed E-state index contributed by atoms with van der Waals surface area (Å²) in [5.41, 5.74) is 0.287. The highest BCUT2D eigenvalue weighted by molar-refractivity contribution is 5.99. The fourth-order valence-electron chi connectivity index (χ4n) is 0.939. The number of aliphatic carboxylic acids is 1. The normalized spacial score (nSPS) is 11.9. The molecule has 74 valence electrons. The fraction of sp³-hybridized carbons (Fsp3) is 0.556. The van der Waals surface area contributed by atoms with Crippen LogP contribution in [0.4, 0.5) is 0 Å². The third-order valence-corrected chi connectivity index (χ3v) is 1.65. The molecule has 4 heteroatoms. The summed E-state index contributed by atoms with van der Waals surface area (Å²) in [5, 5.41) is 8.70. The Kier molecular flexibility index (Phi) is 4.80. The summed E-state index contributed by atoms with van der Waals surface area (Å²) in [6.07, 6.45) is 0.319. The summed E-state index contributed by atoms with van der Waals surface area (Å²) in [6, 6.07) is 0. The van der Waals surface area contributed by atoms with Crippen LogP contribution in [0.2, 0.25) is 0 Å². The molecule has 0 aliphatic rings. The minimum absolute atomic E-state index is 0.110. The SMILES string of the molecule is CCOC(=O)C(C)=C(CC)C(=O)O. The minimum atomic E-state index is -1.06. The molecule has 0 atom stereocenters. The van der Waals surface area contributed by atoms with Crippen molar-refractivity contribution < 1.29 is 19.4 Å². The van der Waals surface area contributed by atoms with Crippen molar-refractivity contribution in [3.63, 3.8) is 0 Å². The Labute approximate surface area is 77.2 Å². The van der Waals surface area contributed by atoms with Crippen molar-refractivity contribution in [3.05, 3.63) is 11.1 Å². The number of carbonyl (C=O) groups is 2. The van der Waals surface area contributed by atoms with Gasteiger partial charge in [-0.3, -0.25) is 0 Å². The first-order chi connectivity index (χ1) is 6.04. The van der Waals surface area contributed by atoms with E-state index < -0.39 is 11.9 Å². The van der Waals surface area contributed by atoms with Gasteiger partial charge < -0.3 is 9.84 Å². The molecular formula is C9H14O4. The van der Waals surface area contributed by atoms with Crippen LogP contribution >= 0.6 is 0 Å². The van der Waals surface area contributed by atoms with Crippen molar-refractivity contribution in [2.45, 2.75) is 27.2 Å². The molecule has 0 rings (SSSR count). The minimum Gasteiger partial charge on any atom is -0.478 e. The predicted octanol–water partition coefficient (Wildman–Crippen LogP) is 1.36. The average Bonchev–Trinajstić information content (AvgIpc) is 2.05. The van der Waals surface area contributed by atoms with E-state index in [0.717, 1.165) is 0 Å². The molecule has 0 saturated carbocycles. The molecule has 1 N–H and O–H groups in total. The fourth-order valence-corrected chi connectivity index (χ4v) is 0.939. The van der Waals surface area contributed by atoms with Gasteiger partial charge in [-0.25, -0.2) is 9.59 Å². The highest BCUT2D eigenvalue weighted by atomic mass is 16.5. The van der Waals surface area contributed by atoms with Crippen molar-refractivity contribution >= 4 is 11.9 Å². The van der Waals surface area contributed by atoms with Crippen molar-refractivity contribution in [2.24, 2.45) is 0 Å². The van der Waals surface area contributed by atoms with E-state index in [-0.39, 0.29) is 17.8 Å². The lowest BCUT2D eigenvalue weighted by Gasteiger charge is -2.05. The Morgan fingerprint density at radius 3 is 2.15 bits per heavy atom. The van der Waals surface area contributed by atoms with Crippen LogP contribution in [0, 0.1) is 0 Å². The second-order valence-corrected chi connectivity index (χ2v) is 2.48. The molecule has 0 aromatic heterocycles. The van der Waals surface area contributed by atoms with Gasteiger partial charge >= 0.3 is 11.9 Å². The van der Waals surface area contributed by atoms with Gasteiger partial charge in [0.25, 0.3) is 0 Å². The molecule has 13 heavy (non-hydrogen) atoms. The first kappa shape index (κ1) is 11.7. The summed E-state index contributed by atoms with van der Waals surface area (Å²) in [4.78, 5) is 21.7. The van der Waals surface area contributed by atoms with E-state index in [2.05, 4.69) is 4.74 Å². The van der Waals surface area contributed by atoms with E-state index in [1.807, 2.05) is 0 Å². The summed E-state index contributed by atoms with van der Waals surface area (Å²) < 4.78 is 4.68. The number of hydrogen-bond donors (Lipinski definition) is 1. The number of carboxylic acid groups (broad SMARTS) is 1. The van der Waals surface area contributed by atoms with Crippen LogP contribution in [-0.2, 0) is 14.3 Å². The van der Waals surface area contributed by atoms with Crippen LogP contribution in [0.1, 0.15) is 27.2 Å². The lowest BCUT2D eigenvalue weighted by atomic mass is 10.1. The zero-order valence-corrected chi connectivity index (χ0v) is 8.09. The lowest BCUT2D eigenvalue weighted by molar-refractivity contribution is -0.140. The van der Waals surface area contributed by atoms with Gasteiger partial charge in [0, 0.05) is 11.1 Å². The maximum Gasteiger partial charge on any atom is 0.334 e.